The molecule has 0 aliphatic carbocycles. The van der Waals surface area contributed by atoms with Gasteiger partial charge in [0.1, 0.15) is 5.75 Å². The molecule has 0 unspecified atom stereocenters. The van der Waals surface area contributed by atoms with Gasteiger partial charge in [-0.15, -0.1) is 0 Å². The molecule has 0 fully saturated rings. The van der Waals surface area contributed by atoms with E-state index in [0.29, 0.717) is 18.7 Å². The zero-order valence-corrected chi connectivity index (χ0v) is 12.1. The lowest BCUT2D eigenvalue weighted by molar-refractivity contribution is -0.115. The van der Waals surface area contributed by atoms with Crippen LogP contribution in [0.4, 0.5) is 0 Å². The third kappa shape index (κ3) is 5.81. The number of rotatable bonds is 6. The summed E-state index contributed by atoms with van der Waals surface area (Å²) in [6.07, 6.45) is 3.62. The Labute approximate surface area is 123 Å². The summed E-state index contributed by atoms with van der Waals surface area (Å²) in [5.74, 6) is 0.373. The van der Waals surface area contributed by atoms with Crippen LogP contribution in [-0.2, 0) is 4.79 Å². The fourth-order valence-corrected chi connectivity index (χ4v) is 1.65. The molecule has 0 bridgehead atoms. The maximum atomic E-state index is 11.6. The minimum absolute atomic E-state index is 0.0806. The van der Waals surface area contributed by atoms with E-state index in [-0.39, 0.29) is 17.6 Å². The number of benzene rings is 1. The van der Waals surface area contributed by atoms with E-state index >= 15 is 0 Å². The second-order valence-electron chi connectivity index (χ2n) is 3.90. The van der Waals surface area contributed by atoms with Crippen molar-refractivity contribution in [1.29, 1.82) is 0 Å². The first-order valence-electron chi connectivity index (χ1n) is 6.18. The van der Waals surface area contributed by atoms with Crippen LogP contribution in [-0.4, -0.2) is 36.4 Å². The van der Waals surface area contributed by atoms with Gasteiger partial charge in [-0.05, 0) is 30.8 Å². The fourth-order valence-electron chi connectivity index (χ4n) is 1.45. The zero-order chi connectivity index (χ0) is 14.8. The number of hydrogen-bond acceptors (Lipinski definition) is 4. The van der Waals surface area contributed by atoms with E-state index < -0.39 is 0 Å². The molecule has 1 amide bonds. The summed E-state index contributed by atoms with van der Waals surface area (Å²) >= 11 is 4.94. The highest BCUT2D eigenvalue weighted by Gasteiger charge is 2.01. The first-order chi connectivity index (χ1) is 9.67. The Bertz CT molecular complexity index is 489. The highest BCUT2D eigenvalue weighted by Crippen LogP contribution is 2.18. The van der Waals surface area contributed by atoms with Gasteiger partial charge in [0.15, 0.2) is 5.11 Å². The second kappa shape index (κ2) is 9.06. The minimum atomic E-state index is -0.322. The van der Waals surface area contributed by atoms with Crippen molar-refractivity contribution in [2.45, 2.75) is 6.42 Å². The van der Waals surface area contributed by atoms with Crippen LogP contribution < -0.4 is 15.4 Å². The van der Waals surface area contributed by atoms with Crippen LogP contribution in [0, 0.1) is 0 Å². The molecule has 0 spiro atoms. The van der Waals surface area contributed by atoms with Crippen LogP contribution in [0.5, 0.6) is 5.75 Å². The van der Waals surface area contributed by atoms with Gasteiger partial charge >= 0.3 is 0 Å². The van der Waals surface area contributed by atoms with Gasteiger partial charge in [0.05, 0.1) is 7.11 Å². The molecule has 0 saturated carbocycles. The van der Waals surface area contributed by atoms with Gasteiger partial charge in [0.25, 0.3) is 0 Å². The summed E-state index contributed by atoms with van der Waals surface area (Å²) in [6, 6.07) is 7.39. The highest BCUT2D eigenvalue weighted by molar-refractivity contribution is 7.80. The lowest BCUT2D eigenvalue weighted by Crippen LogP contribution is -2.38. The average molecular weight is 294 g/mol. The van der Waals surface area contributed by atoms with E-state index in [1.807, 2.05) is 24.3 Å². The van der Waals surface area contributed by atoms with Crippen LogP contribution in [0.3, 0.4) is 0 Å². The van der Waals surface area contributed by atoms with Crippen LogP contribution in [0.25, 0.3) is 6.08 Å². The number of aliphatic hydroxyl groups excluding tert-OH is 1. The molecule has 108 valence electrons. The average Bonchev–Trinajstić information content (AvgIpc) is 2.45. The van der Waals surface area contributed by atoms with Crippen LogP contribution in [0.15, 0.2) is 30.3 Å². The molecule has 1 aromatic carbocycles. The number of methoxy groups -OCH3 is 1. The Kier molecular flexibility index (Phi) is 7.31. The van der Waals surface area contributed by atoms with E-state index in [9.17, 15) is 4.79 Å². The molecule has 0 saturated heterocycles. The van der Waals surface area contributed by atoms with Gasteiger partial charge in [-0.2, -0.15) is 0 Å². The summed E-state index contributed by atoms with van der Waals surface area (Å²) in [7, 11) is 1.58. The summed E-state index contributed by atoms with van der Waals surface area (Å²) in [4.78, 5) is 11.6. The second-order valence-corrected chi connectivity index (χ2v) is 4.31. The van der Waals surface area contributed by atoms with Gasteiger partial charge in [-0.25, -0.2) is 0 Å². The largest absolute Gasteiger partial charge is 0.496 e. The molecule has 1 aromatic rings. The lowest BCUT2D eigenvalue weighted by atomic mass is 10.2. The molecule has 0 aliphatic rings. The maximum absolute atomic E-state index is 11.6. The topological polar surface area (TPSA) is 70.6 Å². The number of amides is 1. The summed E-state index contributed by atoms with van der Waals surface area (Å²) in [5, 5.41) is 14.2. The van der Waals surface area contributed by atoms with E-state index in [4.69, 9.17) is 22.1 Å². The van der Waals surface area contributed by atoms with E-state index in [1.165, 1.54) is 6.08 Å². The molecular formula is C14H18N2O3S. The van der Waals surface area contributed by atoms with Gasteiger partial charge in [0.2, 0.25) is 5.91 Å². The number of carbonyl (C=O) groups is 1. The Morgan fingerprint density at radius 1 is 1.45 bits per heavy atom. The minimum Gasteiger partial charge on any atom is -0.496 e. The molecule has 20 heavy (non-hydrogen) atoms. The quantitative estimate of drug-likeness (QED) is 0.416. The number of nitrogens with one attached hydrogen (secondary N) is 2. The molecule has 0 heterocycles. The molecule has 0 radical (unpaired) electrons. The number of aliphatic hydroxyl groups is 1. The standard InChI is InChI=1S/C14H18N2O3S/c1-19-12-6-3-2-5-11(12)7-8-13(18)16-14(20)15-9-4-10-17/h2-3,5-8,17H,4,9-10H2,1H3,(H2,15,16,18,20). The summed E-state index contributed by atoms with van der Waals surface area (Å²) < 4.78 is 5.18. The van der Waals surface area contributed by atoms with Gasteiger partial charge in [-0.3, -0.25) is 10.1 Å². The number of para-hydroxylation sites is 1. The molecule has 1 rings (SSSR count). The third-order valence-electron chi connectivity index (χ3n) is 2.41. The van der Waals surface area contributed by atoms with Crippen molar-refractivity contribution in [2.75, 3.05) is 20.3 Å². The molecule has 0 atom stereocenters. The first kappa shape index (κ1) is 16.1. The number of thiocarbonyl (C=S) groups is 1. The van der Waals surface area contributed by atoms with Crippen LogP contribution >= 0.6 is 12.2 Å². The van der Waals surface area contributed by atoms with Crippen molar-refractivity contribution in [1.82, 2.24) is 10.6 Å². The first-order valence-corrected chi connectivity index (χ1v) is 6.59. The van der Waals surface area contributed by atoms with E-state index in [0.717, 1.165) is 5.56 Å². The Hall–Kier alpha value is -1.92. The highest BCUT2D eigenvalue weighted by atomic mass is 32.1. The molecular weight excluding hydrogens is 276 g/mol. The van der Waals surface area contributed by atoms with Crippen molar-refractivity contribution in [3.8, 4) is 5.75 Å². The Morgan fingerprint density at radius 3 is 2.90 bits per heavy atom. The van der Waals surface area contributed by atoms with Gasteiger partial charge < -0.3 is 15.2 Å². The monoisotopic (exact) mass is 294 g/mol. The van der Waals surface area contributed by atoms with E-state index in [1.54, 1.807) is 13.2 Å². The molecule has 6 heteroatoms. The van der Waals surface area contributed by atoms with Crippen molar-refractivity contribution in [2.24, 2.45) is 0 Å². The van der Waals surface area contributed by atoms with Crippen molar-refractivity contribution in [3.05, 3.63) is 35.9 Å². The maximum Gasteiger partial charge on any atom is 0.250 e. The summed E-state index contributed by atoms with van der Waals surface area (Å²) in [6.45, 7) is 0.600. The van der Waals surface area contributed by atoms with Crippen molar-refractivity contribution < 1.29 is 14.6 Å². The zero-order valence-electron chi connectivity index (χ0n) is 11.3. The number of ether oxygens (including phenoxy) is 1. The Morgan fingerprint density at radius 2 is 2.20 bits per heavy atom. The SMILES string of the molecule is COc1ccccc1C=CC(=O)NC(=S)NCCCO. The van der Waals surface area contributed by atoms with Crippen LogP contribution in [0.1, 0.15) is 12.0 Å². The fraction of sp³-hybridized carbons (Fsp3) is 0.286. The van der Waals surface area contributed by atoms with Crippen molar-refractivity contribution >= 4 is 29.3 Å². The van der Waals surface area contributed by atoms with Crippen LogP contribution in [0.2, 0.25) is 0 Å². The predicted molar refractivity (Wildman–Crippen MR) is 82.5 cm³/mol. The molecule has 5 nitrogen and oxygen atoms in total. The molecule has 0 aliphatic heterocycles. The van der Waals surface area contributed by atoms with E-state index in [2.05, 4.69) is 10.6 Å². The Balaban J connectivity index is 2.49. The van der Waals surface area contributed by atoms with Gasteiger partial charge in [-0.1, -0.05) is 18.2 Å². The van der Waals surface area contributed by atoms with Gasteiger partial charge in [0, 0.05) is 24.8 Å². The normalized spacial score (nSPS) is 10.3. The number of hydrogen-bond donors (Lipinski definition) is 3. The lowest BCUT2D eigenvalue weighted by Gasteiger charge is -2.07. The summed E-state index contributed by atoms with van der Waals surface area (Å²) in [5.41, 5.74) is 0.810. The third-order valence-corrected chi connectivity index (χ3v) is 2.66. The molecule has 0 aromatic heterocycles. The molecule has 3 N–H and O–H groups in total. The van der Waals surface area contributed by atoms with Crippen molar-refractivity contribution in [3.63, 3.8) is 0 Å². The predicted octanol–water partition coefficient (Wildman–Crippen LogP) is 1.08. The number of carbonyl (C=O) groups excluding carboxylic acids is 1. The smallest absolute Gasteiger partial charge is 0.250 e.